The number of amidine groups is 1. The van der Waals surface area contributed by atoms with Crippen molar-refractivity contribution in [3.05, 3.63) is 71.0 Å². The summed E-state index contributed by atoms with van der Waals surface area (Å²) < 4.78 is 10.7. The van der Waals surface area contributed by atoms with Gasteiger partial charge in [0.2, 0.25) is 12.7 Å². The van der Waals surface area contributed by atoms with Crippen LogP contribution in [0.15, 0.2) is 60.0 Å². The molecule has 3 atom stereocenters. The maximum atomic E-state index is 12.5. The molecule has 10 heteroatoms. The summed E-state index contributed by atoms with van der Waals surface area (Å²) in [5, 5.41) is 10.4. The predicted octanol–water partition coefficient (Wildman–Crippen LogP) is 2.81. The topological polar surface area (TPSA) is 90.5 Å². The molecule has 2 aromatic rings. The molecule has 3 N–H and O–H groups in total. The Bertz CT molecular complexity index is 1150. The minimum absolute atomic E-state index is 0.0169. The van der Waals surface area contributed by atoms with Crippen molar-refractivity contribution >= 4 is 23.3 Å². The zero-order chi connectivity index (χ0) is 23.1. The molecule has 0 aliphatic carbocycles. The number of carbonyl (C=O) groups is 1. The van der Waals surface area contributed by atoms with E-state index in [1.54, 1.807) is 0 Å². The molecule has 0 spiro atoms. The van der Waals surface area contributed by atoms with Crippen molar-refractivity contribution in [1.82, 2.24) is 26.1 Å². The number of halogens is 1. The smallest absolute Gasteiger partial charge is 0.231 e. The predicted molar refractivity (Wildman–Crippen MR) is 127 cm³/mol. The first-order valence-electron chi connectivity index (χ1n) is 11.4. The van der Waals surface area contributed by atoms with Crippen LogP contribution >= 0.6 is 11.6 Å². The van der Waals surface area contributed by atoms with Crippen LogP contribution in [0.3, 0.4) is 0 Å². The van der Waals surface area contributed by atoms with Crippen LogP contribution in [-0.4, -0.2) is 40.7 Å². The van der Waals surface area contributed by atoms with E-state index in [-0.39, 0.29) is 30.9 Å². The van der Waals surface area contributed by atoms with Crippen molar-refractivity contribution in [3.63, 3.8) is 0 Å². The van der Waals surface area contributed by atoms with Gasteiger partial charge in [0.1, 0.15) is 12.0 Å². The summed E-state index contributed by atoms with van der Waals surface area (Å²) in [6.45, 7) is 0.685. The number of nitrogens with zero attached hydrogens (tertiary/aromatic N) is 3. The van der Waals surface area contributed by atoms with Crippen LogP contribution in [0.5, 0.6) is 11.5 Å². The second kappa shape index (κ2) is 8.73. The number of benzene rings is 2. The van der Waals surface area contributed by atoms with E-state index in [4.69, 9.17) is 21.1 Å². The number of hydrazone groups is 1. The highest BCUT2D eigenvalue weighted by atomic mass is 35.5. The number of rotatable bonds is 6. The number of ether oxygens (including phenoxy) is 2. The Hall–Kier alpha value is -3.43. The summed E-state index contributed by atoms with van der Waals surface area (Å²) in [5.41, 5.74) is 9.01. The highest BCUT2D eigenvalue weighted by Crippen LogP contribution is 2.35. The molecule has 0 radical (unpaired) electrons. The number of hydrazine groups is 1. The SMILES string of the molecule is O=C(CCC1=NNC2C3CC(c4ccc(Cl)cc4)NN3C=CN12)NCc1ccc2c(c1)OCO2. The van der Waals surface area contributed by atoms with Gasteiger partial charge < -0.3 is 24.7 Å². The molecule has 3 unspecified atom stereocenters. The molecule has 4 heterocycles. The quantitative estimate of drug-likeness (QED) is 0.585. The third kappa shape index (κ3) is 4.01. The lowest BCUT2D eigenvalue weighted by molar-refractivity contribution is -0.121. The average molecular weight is 481 g/mol. The maximum absolute atomic E-state index is 12.5. The van der Waals surface area contributed by atoms with Crippen molar-refractivity contribution in [2.24, 2.45) is 5.10 Å². The van der Waals surface area contributed by atoms with Gasteiger partial charge in [-0.25, -0.2) is 5.43 Å². The fourth-order valence-electron chi connectivity index (χ4n) is 4.79. The van der Waals surface area contributed by atoms with E-state index in [1.165, 1.54) is 5.56 Å². The Morgan fingerprint density at radius 1 is 1.15 bits per heavy atom. The fourth-order valence-corrected chi connectivity index (χ4v) is 4.91. The van der Waals surface area contributed by atoms with E-state index in [2.05, 4.69) is 43.3 Å². The van der Waals surface area contributed by atoms with Crippen molar-refractivity contribution in [2.45, 2.75) is 44.1 Å². The Labute approximate surface area is 202 Å². The van der Waals surface area contributed by atoms with Crippen molar-refractivity contribution in [2.75, 3.05) is 6.79 Å². The highest BCUT2D eigenvalue weighted by molar-refractivity contribution is 6.30. The normalized spacial score (nSPS) is 23.9. The minimum atomic E-state index is -0.0169. The second-order valence-electron chi connectivity index (χ2n) is 8.72. The summed E-state index contributed by atoms with van der Waals surface area (Å²) in [4.78, 5) is 14.6. The molecule has 4 aliphatic rings. The number of hydrogen-bond donors (Lipinski definition) is 3. The number of nitrogens with one attached hydrogen (secondary N) is 3. The molecule has 9 nitrogen and oxygen atoms in total. The van der Waals surface area contributed by atoms with E-state index in [0.29, 0.717) is 19.4 Å². The summed E-state index contributed by atoms with van der Waals surface area (Å²) in [7, 11) is 0. The summed E-state index contributed by atoms with van der Waals surface area (Å²) in [6, 6.07) is 14.1. The Morgan fingerprint density at radius 2 is 2.00 bits per heavy atom. The monoisotopic (exact) mass is 480 g/mol. The number of hydrogen-bond acceptors (Lipinski definition) is 8. The zero-order valence-electron chi connectivity index (χ0n) is 18.4. The van der Waals surface area contributed by atoms with Gasteiger partial charge in [0.05, 0.1) is 12.1 Å². The fraction of sp³-hybridized carbons (Fsp3) is 0.333. The third-order valence-corrected chi connectivity index (χ3v) is 6.84. The molecule has 0 aromatic heterocycles. The molecule has 176 valence electrons. The van der Waals surface area contributed by atoms with E-state index >= 15 is 0 Å². The van der Waals surface area contributed by atoms with Crippen molar-refractivity contribution < 1.29 is 14.3 Å². The molecule has 2 aromatic carbocycles. The van der Waals surface area contributed by atoms with Crippen molar-refractivity contribution in [3.8, 4) is 11.5 Å². The molecule has 34 heavy (non-hydrogen) atoms. The molecule has 0 bridgehead atoms. The van der Waals surface area contributed by atoms with Crippen LogP contribution in [0, 0.1) is 0 Å². The third-order valence-electron chi connectivity index (χ3n) is 6.59. The van der Waals surface area contributed by atoms with Crippen LogP contribution in [0.25, 0.3) is 0 Å². The number of carbonyl (C=O) groups excluding carboxylic acids is 1. The zero-order valence-corrected chi connectivity index (χ0v) is 19.2. The molecule has 0 saturated carbocycles. The van der Waals surface area contributed by atoms with Gasteiger partial charge in [-0.3, -0.25) is 10.2 Å². The van der Waals surface area contributed by atoms with Crippen molar-refractivity contribution in [1.29, 1.82) is 0 Å². The minimum Gasteiger partial charge on any atom is -0.454 e. The second-order valence-corrected chi connectivity index (χ2v) is 9.15. The molecular formula is C24H25ClN6O3. The first kappa shape index (κ1) is 21.1. The van der Waals surface area contributed by atoms with E-state index < -0.39 is 0 Å². The lowest BCUT2D eigenvalue weighted by Crippen LogP contribution is -2.54. The average Bonchev–Trinajstić information content (AvgIpc) is 3.59. The van der Waals surface area contributed by atoms with Crippen LogP contribution in [0.2, 0.25) is 5.02 Å². The van der Waals surface area contributed by atoms with Gasteiger partial charge in [0.15, 0.2) is 11.5 Å². The van der Waals surface area contributed by atoms with Gasteiger partial charge in [-0.2, -0.15) is 5.10 Å². The molecule has 1 amide bonds. The highest BCUT2D eigenvalue weighted by Gasteiger charge is 2.44. The lowest BCUT2D eigenvalue weighted by atomic mass is 9.99. The van der Waals surface area contributed by atoms with Gasteiger partial charge in [-0.1, -0.05) is 29.8 Å². The lowest BCUT2D eigenvalue weighted by Gasteiger charge is -2.37. The number of amides is 1. The molecule has 1 fully saturated rings. The maximum Gasteiger partial charge on any atom is 0.231 e. The van der Waals surface area contributed by atoms with Gasteiger partial charge >= 0.3 is 0 Å². The van der Waals surface area contributed by atoms with Gasteiger partial charge in [0, 0.05) is 36.8 Å². The Balaban J connectivity index is 1.01. The first-order chi connectivity index (χ1) is 16.6. The van der Waals surface area contributed by atoms with E-state index in [9.17, 15) is 4.79 Å². The molecule has 6 rings (SSSR count). The Kier molecular flexibility index (Phi) is 5.43. The Morgan fingerprint density at radius 3 is 2.88 bits per heavy atom. The summed E-state index contributed by atoms with van der Waals surface area (Å²) >= 11 is 6.04. The summed E-state index contributed by atoms with van der Waals surface area (Å²) in [6.07, 6.45) is 5.94. The van der Waals surface area contributed by atoms with Crippen LogP contribution in [0.4, 0.5) is 0 Å². The standard InChI is InChI=1S/C24H25ClN6O3/c25-17-4-2-16(3-5-17)18-12-19-24-28-27-22(30(24)9-10-31(19)29-18)7-8-23(32)26-13-15-1-6-20-21(11-15)34-14-33-20/h1-6,9-11,18-19,24,28-29H,7-8,12-14H2,(H,26,32). The largest absolute Gasteiger partial charge is 0.454 e. The van der Waals surface area contributed by atoms with Crippen LogP contribution in [0.1, 0.15) is 36.4 Å². The molecule has 4 aliphatic heterocycles. The van der Waals surface area contributed by atoms with Gasteiger partial charge in [-0.05, 0) is 41.8 Å². The van der Waals surface area contributed by atoms with Crippen LogP contribution in [-0.2, 0) is 11.3 Å². The number of fused-ring (bicyclic) bond motifs is 4. The van der Waals surface area contributed by atoms with E-state index in [1.807, 2.05) is 42.7 Å². The molecule has 1 saturated heterocycles. The van der Waals surface area contributed by atoms with E-state index in [0.717, 1.165) is 34.3 Å². The first-order valence-corrected chi connectivity index (χ1v) is 11.8. The van der Waals surface area contributed by atoms with Crippen LogP contribution < -0.4 is 25.6 Å². The van der Waals surface area contributed by atoms with Gasteiger partial charge in [-0.15, -0.1) is 0 Å². The summed E-state index contributed by atoms with van der Waals surface area (Å²) in [5.74, 6) is 2.31. The molecular weight excluding hydrogens is 456 g/mol. The van der Waals surface area contributed by atoms with Gasteiger partial charge in [0.25, 0.3) is 0 Å².